The zero-order valence-corrected chi connectivity index (χ0v) is 10.1. The molecule has 1 unspecified atom stereocenters. The predicted octanol–water partition coefficient (Wildman–Crippen LogP) is 1.87. The van der Waals surface area contributed by atoms with Crippen LogP contribution in [0.25, 0.3) is 16.3 Å². The summed E-state index contributed by atoms with van der Waals surface area (Å²) < 4.78 is 1.75. The van der Waals surface area contributed by atoms with Crippen LogP contribution in [0.4, 0.5) is 0 Å². The van der Waals surface area contributed by atoms with Gasteiger partial charge >= 0.3 is 0 Å². The van der Waals surface area contributed by atoms with Crippen LogP contribution in [0.3, 0.4) is 0 Å². The molecule has 0 aliphatic heterocycles. The van der Waals surface area contributed by atoms with Crippen LogP contribution in [-0.4, -0.2) is 19.8 Å². The zero-order chi connectivity index (χ0) is 11.8. The summed E-state index contributed by atoms with van der Waals surface area (Å²) in [6.07, 6.45) is 0. The lowest BCUT2D eigenvalue weighted by molar-refractivity contribution is 0.769. The quantitative estimate of drug-likeness (QED) is 0.748. The van der Waals surface area contributed by atoms with Crippen molar-refractivity contribution >= 4 is 16.3 Å². The van der Waals surface area contributed by atoms with E-state index in [1.54, 1.807) is 4.52 Å². The number of hydrogen-bond donors (Lipinski definition) is 1. The highest BCUT2D eigenvalue weighted by molar-refractivity contribution is 7.16. The maximum absolute atomic E-state index is 5.81. The Morgan fingerprint density at radius 3 is 2.71 bits per heavy atom. The molecule has 2 aromatic heterocycles. The van der Waals surface area contributed by atoms with E-state index in [-0.39, 0.29) is 6.04 Å². The van der Waals surface area contributed by atoms with E-state index in [1.165, 1.54) is 11.3 Å². The Bertz CT molecular complexity index is 640. The van der Waals surface area contributed by atoms with Crippen molar-refractivity contribution in [2.24, 2.45) is 5.73 Å². The number of rotatable bonds is 2. The fourth-order valence-corrected chi connectivity index (χ4v) is 2.37. The molecule has 0 bridgehead atoms. The highest BCUT2D eigenvalue weighted by atomic mass is 32.1. The smallest absolute Gasteiger partial charge is 0.235 e. The second kappa shape index (κ2) is 3.90. The van der Waals surface area contributed by atoms with Gasteiger partial charge in [0.1, 0.15) is 5.01 Å². The normalized spacial score (nSPS) is 13.1. The predicted molar refractivity (Wildman–Crippen MR) is 66.7 cm³/mol. The first-order chi connectivity index (χ1) is 8.25. The van der Waals surface area contributed by atoms with Gasteiger partial charge in [0.05, 0.1) is 6.04 Å². The summed E-state index contributed by atoms with van der Waals surface area (Å²) in [5.74, 6) is 0.753. The minimum atomic E-state index is -0.0784. The lowest BCUT2D eigenvalue weighted by Crippen LogP contribution is -2.05. The Morgan fingerprint density at radius 1 is 1.24 bits per heavy atom. The average Bonchev–Trinajstić information content (AvgIpc) is 2.89. The van der Waals surface area contributed by atoms with Gasteiger partial charge in [-0.1, -0.05) is 41.7 Å². The largest absolute Gasteiger partial charge is 0.322 e. The van der Waals surface area contributed by atoms with Crippen LogP contribution in [0.2, 0.25) is 0 Å². The molecule has 17 heavy (non-hydrogen) atoms. The Hall–Kier alpha value is -1.79. The van der Waals surface area contributed by atoms with Crippen LogP contribution in [0.5, 0.6) is 0 Å². The van der Waals surface area contributed by atoms with Crippen LogP contribution in [0, 0.1) is 0 Å². The second-order valence-electron chi connectivity index (χ2n) is 3.81. The van der Waals surface area contributed by atoms with Gasteiger partial charge in [0.15, 0.2) is 5.82 Å². The molecular formula is C11H11N5S. The molecule has 6 heteroatoms. The molecule has 0 fully saturated rings. The van der Waals surface area contributed by atoms with Gasteiger partial charge in [-0.25, -0.2) is 0 Å². The molecule has 3 aromatic rings. The van der Waals surface area contributed by atoms with Crippen molar-refractivity contribution in [1.29, 1.82) is 0 Å². The first-order valence-corrected chi connectivity index (χ1v) is 6.10. The fraction of sp³-hybridized carbons (Fsp3) is 0.182. The van der Waals surface area contributed by atoms with Crippen molar-refractivity contribution in [3.05, 3.63) is 35.3 Å². The van der Waals surface area contributed by atoms with Gasteiger partial charge in [0.2, 0.25) is 4.96 Å². The van der Waals surface area contributed by atoms with Crippen LogP contribution >= 0.6 is 11.3 Å². The number of nitrogens with zero attached hydrogens (tertiary/aromatic N) is 4. The molecule has 0 saturated carbocycles. The van der Waals surface area contributed by atoms with Gasteiger partial charge in [-0.2, -0.15) is 9.61 Å². The Morgan fingerprint density at radius 2 is 2.00 bits per heavy atom. The van der Waals surface area contributed by atoms with Gasteiger partial charge < -0.3 is 5.73 Å². The van der Waals surface area contributed by atoms with E-state index in [1.807, 2.05) is 37.3 Å². The Labute approximate surface area is 102 Å². The summed E-state index contributed by atoms with van der Waals surface area (Å²) in [4.78, 5) is 0.774. The van der Waals surface area contributed by atoms with E-state index in [2.05, 4.69) is 15.3 Å². The number of benzene rings is 1. The monoisotopic (exact) mass is 245 g/mol. The molecule has 0 saturated heterocycles. The van der Waals surface area contributed by atoms with E-state index in [4.69, 9.17) is 5.73 Å². The molecule has 0 aliphatic rings. The van der Waals surface area contributed by atoms with Gasteiger partial charge in [-0.3, -0.25) is 0 Å². The number of hydrogen-bond acceptors (Lipinski definition) is 5. The highest BCUT2D eigenvalue weighted by Gasteiger charge is 2.14. The van der Waals surface area contributed by atoms with Gasteiger partial charge in [0.25, 0.3) is 0 Å². The summed E-state index contributed by atoms with van der Waals surface area (Å²) in [5, 5.41) is 13.6. The van der Waals surface area contributed by atoms with Crippen LogP contribution in [0.15, 0.2) is 30.3 Å². The van der Waals surface area contributed by atoms with E-state index < -0.39 is 0 Å². The molecule has 3 rings (SSSR count). The van der Waals surface area contributed by atoms with Crippen molar-refractivity contribution in [3.8, 4) is 11.4 Å². The van der Waals surface area contributed by atoms with Crippen molar-refractivity contribution < 1.29 is 0 Å². The van der Waals surface area contributed by atoms with Crippen LogP contribution in [0.1, 0.15) is 18.0 Å². The summed E-state index contributed by atoms with van der Waals surface area (Å²) in [7, 11) is 0. The minimum Gasteiger partial charge on any atom is -0.322 e. The maximum Gasteiger partial charge on any atom is 0.235 e. The summed E-state index contributed by atoms with van der Waals surface area (Å²) >= 11 is 1.47. The van der Waals surface area contributed by atoms with Crippen LogP contribution in [-0.2, 0) is 0 Å². The molecule has 0 spiro atoms. The molecule has 0 radical (unpaired) electrons. The zero-order valence-electron chi connectivity index (χ0n) is 9.24. The summed E-state index contributed by atoms with van der Waals surface area (Å²) in [6.45, 7) is 1.91. The molecule has 2 N–H and O–H groups in total. The van der Waals surface area contributed by atoms with Crippen molar-refractivity contribution in [1.82, 2.24) is 19.8 Å². The number of aromatic nitrogens is 4. The molecule has 1 aromatic carbocycles. The second-order valence-corrected chi connectivity index (χ2v) is 4.80. The molecular weight excluding hydrogens is 234 g/mol. The first kappa shape index (κ1) is 10.4. The summed E-state index contributed by atoms with van der Waals surface area (Å²) in [5.41, 5.74) is 6.81. The average molecular weight is 245 g/mol. The van der Waals surface area contributed by atoms with Gasteiger partial charge in [0, 0.05) is 5.56 Å². The van der Waals surface area contributed by atoms with E-state index >= 15 is 0 Å². The molecule has 1 atom stereocenters. The van der Waals surface area contributed by atoms with E-state index in [0.29, 0.717) is 0 Å². The minimum absolute atomic E-state index is 0.0784. The summed E-state index contributed by atoms with van der Waals surface area (Å²) in [6, 6.07) is 9.80. The van der Waals surface area contributed by atoms with Crippen molar-refractivity contribution in [2.45, 2.75) is 13.0 Å². The van der Waals surface area contributed by atoms with Crippen molar-refractivity contribution in [3.63, 3.8) is 0 Å². The topological polar surface area (TPSA) is 69.1 Å². The molecule has 86 valence electrons. The van der Waals surface area contributed by atoms with E-state index in [9.17, 15) is 0 Å². The molecule has 5 nitrogen and oxygen atoms in total. The lowest BCUT2D eigenvalue weighted by atomic mass is 10.2. The molecule has 0 aliphatic carbocycles. The molecule has 0 amide bonds. The SMILES string of the molecule is CC(N)c1nn2c(-c3ccccc3)nnc2s1. The van der Waals surface area contributed by atoms with Crippen LogP contribution < -0.4 is 5.73 Å². The lowest BCUT2D eigenvalue weighted by Gasteiger charge is -1.97. The highest BCUT2D eigenvalue weighted by Crippen LogP contribution is 2.23. The van der Waals surface area contributed by atoms with Gasteiger partial charge in [-0.05, 0) is 6.92 Å². The Kier molecular flexibility index (Phi) is 2.38. The number of nitrogens with two attached hydrogens (primary N) is 1. The molecule has 2 heterocycles. The standard InChI is InChI=1S/C11H11N5S/c1-7(12)10-15-16-9(13-14-11(16)17-10)8-5-3-2-4-6-8/h2-7H,12H2,1H3. The third-order valence-corrected chi connectivity index (χ3v) is 3.53. The van der Waals surface area contributed by atoms with Crippen molar-refractivity contribution in [2.75, 3.05) is 0 Å². The Balaban J connectivity index is 2.18. The first-order valence-electron chi connectivity index (χ1n) is 5.29. The fourth-order valence-electron chi connectivity index (χ4n) is 1.58. The van der Waals surface area contributed by atoms with E-state index in [0.717, 1.165) is 21.4 Å². The third kappa shape index (κ3) is 1.71. The maximum atomic E-state index is 5.81. The third-order valence-electron chi connectivity index (χ3n) is 2.43. The number of fused-ring (bicyclic) bond motifs is 1. The van der Waals surface area contributed by atoms with Gasteiger partial charge in [-0.15, -0.1) is 10.2 Å².